The van der Waals surface area contributed by atoms with Gasteiger partial charge in [-0.2, -0.15) is 0 Å². The van der Waals surface area contributed by atoms with Gasteiger partial charge in [0.2, 0.25) is 0 Å². The number of carbonyl (C=O) groups is 1. The molecule has 2 aromatic carbocycles. The first-order valence-electron chi connectivity index (χ1n) is 9.00. The van der Waals surface area contributed by atoms with Crippen molar-refractivity contribution in [1.29, 1.82) is 0 Å². The maximum absolute atomic E-state index is 12.4. The van der Waals surface area contributed by atoms with Crippen molar-refractivity contribution in [2.24, 2.45) is 5.41 Å². The summed E-state index contributed by atoms with van der Waals surface area (Å²) < 4.78 is 0. The van der Waals surface area contributed by atoms with Gasteiger partial charge in [0.1, 0.15) is 0 Å². The van der Waals surface area contributed by atoms with Crippen LogP contribution in [-0.4, -0.2) is 5.91 Å². The Morgan fingerprint density at radius 1 is 1.04 bits per heavy atom. The van der Waals surface area contributed by atoms with Crippen molar-refractivity contribution in [3.05, 3.63) is 72.8 Å². The van der Waals surface area contributed by atoms with Crippen LogP contribution in [0.2, 0.25) is 0 Å². The second kappa shape index (κ2) is 8.15. The number of anilines is 2. The first kappa shape index (κ1) is 19.0. The number of hydrogen-bond donors (Lipinski definition) is 0. The fraction of sp³-hybridized carbons (Fsp3) is 0.348. The van der Waals surface area contributed by atoms with E-state index in [9.17, 15) is 4.79 Å². The molecule has 2 aromatic rings. The molecule has 0 heterocycles. The van der Waals surface area contributed by atoms with Crippen molar-refractivity contribution in [3.63, 3.8) is 0 Å². The van der Waals surface area contributed by atoms with Crippen LogP contribution in [0.25, 0.3) is 0 Å². The molecule has 1 atom stereocenters. The molecule has 0 aliphatic carbocycles. The zero-order valence-electron chi connectivity index (χ0n) is 15.8. The molecule has 0 aromatic heterocycles. The molecule has 0 aliphatic rings. The topological polar surface area (TPSA) is 20.3 Å². The Bertz CT molecular complexity index is 695. The van der Waals surface area contributed by atoms with E-state index < -0.39 is 0 Å². The molecule has 0 radical (unpaired) electrons. The highest BCUT2D eigenvalue weighted by molar-refractivity contribution is 6.06. The van der Waals surface area contributed by atoms with E-state index in [0.717, 1.165) is 24.2 Å². The molecule has 0 saturated heterocycles. The Balaban J connectivity index is 2.38. The van der Waals surface area contributed by atoms with Gasteiger partial charge >= 0.3 is 0 Å². The number of para-hydroxylation sites is 1. The van der Waals surface area contributed by atoms with Gasteiger partial charge in [-0.05, 0) is 53.7 Å². The first-order chi connectivity index (χ1) is 11.9. The maximum atomic E-state index is 12.4. The second-order valence-electron chi connectivity index (χ2n) is 7.51. The lowest BCUT2D eigenvalue weighted by Gasteiger charge is -2.31. The highest BCUT2D eigenvalue weighted by Gasteiger charge is 2.25. The van der Waals surface area contributed by atoms with Crippen molar-refractivity contribution < 1.29 is 4.79 Å². The van der Waals surface area contributed by atoms with Crippen LogP contribution < -0.4 is 4.90 Å². The minimum atomic E-state index is -0.125. The van der Waals surface area contributed by atoms with Gasteiger partial charge in [-0.3, -0.25) is 9.69 Å². The quantitative estimate of drug-likeness (QED) is 0.554. The Hall–Kier alpha value is -2.35. The van der Waals surface area contributed by atoms with Crippen molar-refractivity contribution in [2.45, 2.75) is 46.5 Å². The van der Waals surface area contributed by atoms with Gasteiger partial charge in [-0.15, -0.1) is 0 Å². The zero-order valence-corrected chi connectivity index (χ0v) is 15.8. The lowest BCUT2D eigenvalue weighted by molar-refractivity contribution is -0.113. The number of carbonyl (C=O) groups excluding carboxylic acids is 1. The van der Waals surface area contributed by atoms with Crippen LogP contribution in [-0.2, 0) is 4.79 Å². The number of hydrogen-bond acceptors (Lipinski definition) is 1. The van der Waals surface area contributed by atoms with E-state index in [4.69, 9.17) is 0 Å². The van der Waals surface area contributed by atoms with Gasteiger partial charge in [-0.25, -0.2) is 0 Å². The molecule has 2 rings (SSSR count). The van der Waals surface area contributed by atoms with E-state index >= 15 is 0 Å². The number of benzene rings is 2. The minimum Gasteiger partial charge on any atom is -0.278 e. The highest BCUT2D eigenvalue weighted by Crippen LogP contribution is 2.39. The Morgan fingerprint density at radius 3 is 2.08 bits per heavy atom. The molecule has 2 nitrogen and oxygen atoms in total. The molecule has 25 heavy (non-hydrogen) atoms. The van der Waals surface area contributed by atoms with Crippen LogP contribution in [0.4, 0.5) is 11.4 Å². The van der Waals surface area contributed by atoms with Crippen LogP contribution in [0.1, 0.15) is 52.0 Å². The Labute approximate surface area is 152 Å². The number of amides is 1. The van der Waals surface area contributed by atoms with Crippen LogP contribution in [0.3, 0.4) is 0 Å². The molecule has 1 unspecified atom stereocenters. The molecular weight excluding hydrogens is 306 g/mol. The van der Waals surface area contributed by atoms with E-state index in [-0.39, 0.29) is 11.3 Å². The average Bonchev–Trinajstić information content (AvgIpc) is 2.60. The van der Waals surface area contributed by atoms with E-state index in [0.29, 0.717) is 5.92 Å². The molecule has 0 saturated carbocycles. The molecule has 1 amide bonds. The van der Waals surface area contributed by atoms with Gasteiger partial charge in [0, 0.05) is 11.4 Å². The maximum Gasteiger partial charge on any atom is 0.254 e. The number of rotatable bonds is 6. The fourth-order valence-corrected chi connectivity index (χ4v) is 3.32. The van der Waals surface area contributed by atoms with Crippen LogP contribution >= 0.6 is 0 Å². The van der Waals surface area contributed by atoms with E-state index in [1.165, 1.54) is 11.6 Å². The summed E-state index contributed by atoms with van der Waals surface area (Å²) in [5.74, 6) is 0.381. The minimum absolute atomic E-state index is 0.125. The molecule has 0 N–H and O–H groups in total. The highest BCUT2D eigenvalue weighted by atomic mass is 16.2. The molecule has 0 bridgehead atoms. The van der Waals surface area contributed by atoms with Crippen molar-refractivity contribution in [1.82, 2.24) is 0 Å². The molecular formula is C23H29NO. The summed E-state index contributed by atoms with van der Waals surface area (Å²) in [5, 5.41) is 0. The summed E-state index contributed by atoms with van der Waals surface area (Å²) in [6, 6.07) is 18.1. The number of nitrogens with zero attached hydrogens (tertiary/aromatic N) is 1. The summed E-state index contributed by atoms with van der Waals surface area (Å²) in [6.07, 6.45) is 3.68. The summed E-state index contributed by atoms with van der Waals surface area (Å²) in [6.45, 7) is 12.7. The van der Waals surface area contributed by atoms with Gasteiger partial charge < -0.3 is 0 Å². The van der Waals surface area contributed by atoms with Crippen molar-refractivity contribution in [3.8, 4) is 0 Å². The van der Waals surface area contributed by atoms with E-state index in [2.05, 4.69) is 46.4 Å². The van der Waals surface area contributed by atoms with E-state index in [1.807, 2.05) is 42.5 Å². The lowest BCUT2D eigenvalue weighted by Crippen LogP contribution is -2.23. The summed E-state index contributed by atoms with van der Waals surface area (Å²) >= 11 is 0. The molecule has 2 heteroatoms. The van der Waals surface area contributed by atoms with E-state index in [1.54, 1.807) is 4.90 Å². The Morgan fingerprint density at radius 2 is 1.60 bits per heavy atom. The van der Waals surface area contributed by atoms with Gasteiger partial charge in [0.15, 0.2) is 0 Å². The predicted octanol–water partition coefficient (Wildman–Crippen LogP) is 6.47. The second-order valence-corrected chi connectivity index (χ2v) is 7.51. The molecule has 132 valence electrons. The van der Waals surface area contributed by atoms with Gasteiger partial charge in [-0.1, -0.05) is 71.0 Å². The SMILES string of the molecule is C=CC(=O)N(c1ccccc1)c1ccc(C(CCC)C(C)(C)C)cc1. The molecule has 0 spiro atoms. The van der Waals surface area contributed by atoms with Crippen LogP contribution in [0.5, 0.6) is 0 Å². The van der Waals surface area contributed by atoms with Crippen LogP contribution in [0.15, 0.2) is 67.3 Å². The normalized spacial score (nSPS) is 12.5. The fourth-order valence-electron chi connectivity index (χ4n) is 3.32. The molecule has 0 fully saturated rings. The summed E-state index contributed by atoms with van der Waals surface area (Å²) in [4.78, 5) is 14.1. The standard InChI is InChI=1S/C23H29NO/c1-6-11-21(23(3,4)5)18-14-16-20(17-15-18)24(22(25)7-2)19-12-9-8-10-13-19/h7-10,12-17,21H,2,6,11H2,1,3-5H3. The molecule has 0 aliphatic heterocycles. The van der Waals surface area contributed by atoms with Gasteiger partial charge in [0.25, 0.3) is 5.91 Å². The van der Waals surface area contributed by atoms with Gasteiger partial charge in [0.05, 0.1) is 0 Å². The average molecular weight is 335 g/mol. The first-order valence-corrected chi connectivity index (χ1v) is 9.00. The summed E-state index contributed by atoms with van der Waals surface area (Å²) in [5.41, 5.74) is 3.26. The Kier molecular flexibility index (Phi) is 6.19. The third-order valence-electron chi connectivity index (χ3n) is 4.59. The third kappa shape index (κ3) is 4.60. The lowest BCUT2D eigenvalue weighted by atomic mass is 9.74. The predicted molar refractivity (Wildman–Crippen MR) is 107 cm³/mol. The van der Waals surface area contributed by atoms with Crippen molar-refractivity contribution >= 4 is 17.3 Å². The summed E-state index contributed by atoms with van der Waals surface area (Å²) in [7, 11) is 0. The largest absolute Gasteiger partial charge is 0.278 e. The zero-order chi connectivity index (χ0) is 18.4. The smallest absolute Gasteiger partial charge is 0.254 e. The monoisotopic (exact) mass is 335 g/mol. The third-order valence-corrected chi connectivity index (χ3v) is 4.59. The van der Waals surface area contributed by atoms with Crippen LogP contribution in [0, 0.1) is 5.41 Å². The van der Waals surface area contributed by atoms with Crippen molar-refractivity contribution in [2.75, 3.05) is 4.90 Å².